The summed E-state index contributed by atoms with van der Waals surface area (Å²) in [7, 11) is 0. The summed E-state index contributed by atoms with van der Waals surface area (Å²) in [6.45, 7) is 0.468. The Morgan fingerprint density at radius 1 is 1.31 bits per heavy atom. The number of nitrogens with zero attached hydrogens (tertiary/aromatic N) is 1. The van der Waals surface area contributed by atoms with Gasteiger partial charge in [0.25, 0.3) is 0 Å². The van der Waals surface area contributed by atoms with E-state index in [1.54, 1.807) is 6.08 Å². The van der Waals surface area contributed by atoms with Crippen molar-refractivity contribution >= 4 is 0 Å². The van der Waals surface area contributed by atoms with Crippen LogP contribution >= 0.6 is 0 Å². The van der Waals surface area contributed by atoms with Gasteiger partial charge in [-0.2, -0.15) is 13.2 Å². The minimum absolute atomic E-state index is 0.234. The van der Waals surface area contributed by atoms with Gasteiger partial charge in [0.05, 0.1) is 12.1 Å². The number of β-amino-alcohol motifs (C(OH)–C–C–N with tert-alkyl or cyclic N) is 1. The van der Waals surface area contributed by atoms with E-state index in [1.165, 1.54) is 17.1 Å². The predicted octanol–water partition coefficient (Wildman–Crippen LogP) is 0.417. The zero-order valence-electron chi connectivity index (χ0n) is 8.48. The zero-order chi connectivity index (χ0) is 12.0. The van der Waals surface area contributed by atoms with Crippen LogP contribution in [0.4, 0.5) is 13.2 Å². The number of hydrogen-bond acceptors (Lipinski definition) is 3. The second kappa shape index (κ2) is 3.58. The lowest BCUT2D eigenvalue weighted by Gasteiger charge is -2.48. The van der Waals surface area contributed by atoms with Gasteiger partial charge in [-0.3, -0.25) is 4.90 Å². The fourth-order valence-electron chi connectivity index (χ4n) is 2.04. The van der Waals surface area contributed by atoms with Gasteiger partial charge in [-0.05, 0) is 0 Å². The van der Waals surface area contributed by atoms with Gasteiger partial charge in [-0.15, -0.1) is 0 Å². The van der Waals surface area contributed by atoms with Crippen molar-refractivity contribution in [3.8, 4) is 0 Å². The van der Waals surface area contributed by atoms with Gasteiger partial charge in [-0.25, -0.2) is 0 Å². The average molecular weight is 234 g/mol. The fraction of sp³-hybridized carbons (Fsp3) is 0.600. The Bertz CT molecular complexity index is 333. The van der Waals surface area contributed by atoms with Crippen LogP contribution < -0.4 is 5.73 Å². The summed E-state index contributed by atoms with van der Waals surface area (Å²) < 4.78 is 38.7. The predicted molar refractivity (Wildman–Crippen MR) is 52.6 cm³/mol. The van der Waals surface area contributed by atoms with E-state index in [2.05, 4.69) is 0 Å². The lowest BCUT2D eigenvalue weighted by atomic mass is 9.83. The maximum atomic E-state index is 12.9. The summed E-state index contributed by atoms with van der Waals surface area (Å²) in [6.07, 6.45) is 0.213. The quantitative estimate of drug-likeness (QED) is 0.691. The highest BCUT2D eigenvalue weighted by atomic mass is 19.4. The summed E-state index contributed by atoms with van der Waals surface area (Å²) in [6, 6.07) is -0.930. The second-order valence-electron chi connectivity index (χ2n) is 4.23. The standard InChI is InChI=1S/C10H13F3N2O/c11-10(12,13)9(14)4-2-1-3-8(9)15-5-7(16)6-15/h1-4,7-8,16H,5-6,14H2. The van der Waals surface area contributed by atoms with Crippen molar-refractivity contribution in [2.45, 2.75) is 23.9 Å². The van der Waals surface area contributed by atoms with Crippen molar-refractivity contribution in [1.82, 2.24) is 4.90 Å². The summed E-state index contributed by atoms with van der Waals surface area (Å²) in [5.41, 5.74) is 3.09. The van der Waals surface area contributed by atoms with Crippen LogP contribution in [0, 0.1) is 0 Å². The smallest absolute Gasteiger partial charge is 0.390 e. The Morgan fingerprint density at radius 2 is 1.94 bits per heavy atom. The van der Waals surface area contributed by atoms with Gasteiger partial charge in [-0.1, -0.05) is 24.3 Å². The Labute approximate surface area is 91.0 Å². The van der Waals surface area contributed by atoms with Crippen molar-refractivity contribution in [2.75, 3.05) is 13.1 Å². The number of rotatable bonds is 1. The molecule has 0 spiro atoms. The molecule has 0 bridgehead atoms. The Kier molecular flexibility index (Phi) is 2.60. The Morgan fingerprint density at radius 3 is 2.44 bits per heavy atom. The van der Waals surface area contributed by atoms with E-state index in [0.29, 0.717) is 0 Å². The van der Waals surface area contributed by atoms with Crippen LogP contribution in [0.25, 0.3) is 0 Å². The molecule has 0 radical (unpaired) electrons. The average Bonchev–Trinajstić information content (AvgIpc) is 2.12. The second-order valence-corrected chi connectivity index (χ2v) is 4.23. The molecule has 0 saturated carbocycles. The lowest BCUT2D eigenvalue weighted by molar-refractivity contribution is -0.191. The highest BCUT2D eigenvalue weighted by Crippen LogP contribution is 2.37. The normalized spacial score (nSPS) is 36.4. The van der Waals surface area contributed by atoms with E-state index in [-0.39, 0.29) is 13.1 Å². The van der Waals surface area contributed by atoms with Crippen LogP contribution in [-0.2, 0) is 0 Å². The summed E-state index contributed by atoms with van der Waals surface area (Å²) in [4.78, 5) is 1.53. The number of nitrogens with two attached hydrogens (primary N) is 1. The van der Waals surface area contributed by atoms with Gasteiger partial charge < -0.3 is 10.8 Å². The highest BCUT2D eigenvalue weighted by molar-refractivity contribution is 5.30. The maximum absolute atomic E-state index is 12.9. The number of allylic oxidation sites excluding steroid dienone is 2. The van der Waals surface area contributed by atoms with Crippen LogP contribution in [0.1, 0.15) is 0 Å². The molecule has 0 aromatic heterocycles. The minimum Gasteiger partial charge on any atom is -0.390 e. The number of halogens is 3. The van der Waals surface area contributed by atoms with E-state index >= 15 is 0 Å². The highest BCUT2D eigenvalue weighted by Gasteiger charge is 2.57. The molecular weight excluding hydrogens is 221 g/mol. The number of aliphatic hydroxyl groups excluding tert-OH is 1. The van der Waals surface area contributed by atoms with Crippen LogP contribution in [0.2, 0.25) is 0 Å². The van der Waals surface area contributed by atoms with Crippen molar-refractivity contribution in [3.63, 3.8) is 0 Å². The monoisotopic (exact) mass is 234 g/mol. The third-order valence-corrected chi connectivity index (χ3v) is 3.04. The molecule has 0 amide bonds. The molecule has 1 heterocycles. The van der Waals surface area contributed by atoms with Gasteiger partial charge in [0, 0.05) is 13.1 Å². The molecule has 16 heavy (non-hydrogen) atoms. The van der Waals surface area contributed by atoms with E-state index < -0.39 is 23.9 Å². The largest absolute Gasteiger partial charge is 0.411 e. The molecule has 1 fully saturated rings. The fourth-order valence-corrected chi connectivity index (χ4v) is 2.04. The molecule has 2 rings (SSSR count). The van der Waals surface area contributed by atoms with Gasteiger partial charge in [0.1, 0.15) is 0 Å². The van der Waals surface area contributed by atoms with Crippen LogP contribution in [0.15, 0.2) is 24.3 Å². The third kappa shape index (κ3) is 1.66. The van der Waals surface area contributed by atoms with Crippen LogP contribution in [0.5, 0.6) is 0 Å². The number of hydrogen-bond donors (Lipinski definition) is 2. The van der Waals surface area contributed by atoms with Gasteiger partial charge >= 0.3 is 6.18 Å². The first kappa shape index (κ1) is 11.6. The molecule has 6 heteroatoms. The summed E-state index contributed by atoms with van der Waals surface area (Å²) in [5, 5.41) is 9.12. The summed E-state index contributed by atoms with van der Waals surface area (Å²) in [5.74, 6) is 0. The molecule has 3 nitrogen and oxygen atoms in total. The molecule has 0 aromatic carbocycles. The summed E-state index contributed by atoms with van der Waals surface area (Å²) >= 11 is 0. The van der Waals surface area contributed by atoms with E-state index in [1.807, 2.05) is 0 Å². The molecule has 1 aliphatic heterocycles. The molecule has 2 atom stereocenters. The number of aliphatic hydroxyl groups is 1. The molecule has 0 aromatic rings. The first-order valence-electron chi connectivity index (χ1n) is 4.98. The molecule has 2 aliphatic rings. The lowest BCUT2D eigenvalue weighted by Crippen LogP contribution is -2.70. The Hall–Kier alpha value is -0.850. The van der Waals surface area contributed by atoms with Crippen molar-refractivity contribution in [3.05, 3.63) is 24.3 Å². The van der Waals surface area contributed by atoms with Crippen LogP contribution in [0.3, 0.4) is 0 Å². The SMILES string of the molecule is NC1(C(F)(F)F)C=CC=CC1N1CC(O)C1. The maximum Gasteiger partial charge on any atom is 0.411 e. The van der Waals surface area contributed by atoms with E-state index in [4.69, 9.17) is 10.8 Å². The number of alkyl halides is 3. The first-order chi connectivity index (χ1) is 7.34. The third-order valence-electron chi connectivity index (χ3n) is 3.04. The molecule has 1 saturated heterocycles. The van der Waals surface area contributed by atoms with Gasteiger partial charge in [0.15, 0.2) is 5.54 Å². The van der Waals surface area contributed by atoms with Crippen molar-refractivity contribution in [1.29, 1.82) is 0 Å². The van der Waals surface area contributed by atoms with E-state index in [9.17, 15) is 13.2 Å². The Balaban J connectivity index is 2.22. The topological polar surface area (TPSA) is 49.5 Å². The minimum atomic E-state index is -4.50. The molecule has 2 unspecified atom stereocenters. The van der Waals surface area contributed by atoms with Crippen LogP contribution in [-0.4, -0.2) is 47.0 Å². The van der Waals surface area contributed by atoms with Crippen molar-refractivity contribution < 1.29 is 18.3 Å². The van der Waals surface area contributed by atoms with E-state index in [0.717, 1.165) is 6.08 Å². The van der Waals surface area contributed by atoms with Gasteiger partial charge in [0.2, 0.25) is 0 Å². The molecule has 1 aliphatic carbocycles. The zero-order valence-corrected chi connectivity index (χ0v) is 8.48. The molecule has 3 N–H and O–H groups in total. The van der Waals surface area contributed by atoms with Crippen molar-refractivity contribution in [2.24, 2.45) is 5.73 Å². The first-order valence-corrected chi connectivity index (χ1v) is 4.98. The molecule has 90 valence electrons. The molecular formula is C10H13F3N2O. The number of likely N-dealkylation sites (tertiary alicyclic amines) is 1.